The number of amides is 1. The van der Waals surface area contributed by atoms with Gasteiger partial charge >= 0.3 is 0 Å². The summed E-state index contributed by atoms with van der Waals surface area (Å²) >= 11 is 0. The zero-order chi connectivity index (χ0) is 19.7. The molecule has 0 radical (unpaired) electrons. The Labute approximate surface area is 166 Å². The third-order valence-electron chi connectivity index (χ3n) is 5.68. The summed E-state index contributed by atoms with van der Waals surface area (Å²) in [7, 11) is -2.23. The van der Waals surface area contributed by atoms with E-state index in [1.54, 1.807) is 36.4 Å². The van der Waals surface area contributed by atoms with Crippen LogP contribution in [0.3, 0.4) is 0 Å². The minimum Gasteiger partial charge on any atom is -0.349 e. The number of sulfonamides is 1. The van der Waals surface area contributed by atoms with Gasteiger partial charge in [-0.15, -0.1) is 0 Å². The fourth-order valence-corrected chi connectivity index (χ4v) is 5.42. The topological polar surface area (TPSA) is 78.5 Å². The van der Waals surface area contributed by atoms with Crippen LogP contribution >= 0.6 is 0 Å². The van der Waals surface area contributed by atoms with Gasteiger partial charge in [0, 0.05) is 30.7 Å². The average Bonchev–Trinajstić information content (AvgIpc) is 3.06. The first-order valence-corrected chi connectivity index (χ1v) is 11.1. The molecule has 0 aromatic heterocycles. The Morgan fingerprint density at radius 3 is 2.39 bits per heavy atom. The monoisotopic (exact) mass is 399 g/mol. The number of carbonyl (C=O) groups excluding carboxylic acids is 1. The largest absolute Gasteiger partial charge is 0.349 e. The molecule has 2 unspecified atom stereocenters. The molecule has 2 aromatic carbocycles. The summed E-state index contributed by atoms with van der Waals surface area (Å²) in [4.78, 5) is 12.8. The van der Waals surface area contributed by atoms with E-state index in [1.807, 2.05) is 6.07 Å². The smallest absolute Gasteiger partial charge is 0.264 e. The maximum atomic E-state index is 13.0. The zero-order valence-electron chi connectivity index (χ0n) is 15.8. The fourth-order valence-electron chi connectivity index (χ4n) is 4.18. The van der Waals surface area contributed by atoms with Crippen LogP contribution < -0.4 is 14.9 Å². The number of anilines is 1. The van der Waals surface area contributed by atoms with Gasteiger partial charge < -0.3 is 10.6 Å². The van der Waals surface area contributed by atoms with Gasteiger partial charge in [0.2, 0.25) is 0 Å². The van der Waals surface area contributed by atoms with Gasteiger partial charge in [0.1, 0.15) is 0 Å². The lowest BCUT2D eigenvalue weighted by Gasteiger charge is -2.29. The molecule has 2 fully saturated rings. The number of fused-ring (bicyclic) bond motifs is 2. The van der Waals surface area contributed by atoms with E-state index in [4.69, 9.17) is 0 Å². The Morgan fingerprint density at radius 1 is 1.04 bits per heavy atom. The Morgan fingerprint density at radius 2 is 1.71 bits per heavy atom. The highest BCUT2D eigenvalue weighted by Crippen LogP contribution is 2.27. The van der Waals surface area contributed by atoms with Crippen LogP contribution in [0, 0.1) is 0 Å². The van der Waals surface area contributed by atoms with Gasteiger partial charge in [-0.25, -0.2) is 8.42 Å². The Balaban J connectivity index is 1.51. The van der Waals surface area contributed by atoms with Crippen molar-refractivity contribution in [3.05, 3.63) is 60.2 Å². The van der Waals surface area contributed by atoms with Crippen LogP contribution in [0.15, 0.2) is 59.5 Å². The Kier molecular flexibility index (Phi) is 5.12. The molecule has 6 nitrogen and oxygen atoms in total. The van der Waals surface area contributed by atoms with Gasteiger partial charge in [0.25, 0.3) is 15.9 Å². The molecule has 2 atom stereocenters. The minimum absolute atomic E-state index is 0.108. The lowest BCUT2D eigenvalue weighted by molar-refractivity contribution is 0.0923. The van der Waals surface area contributed by atoms with Gasteiger partial charge in [0.05, 0.1) is 10.6 Å². The standard InChI is InChI=1S/C21H25N3O3S/c1-24(19-7-3-2-4-8-19)28(26,27)20-9-5-6-15(12-20)21(25)23-18-13-16-10-11-17(14-18)22-16/h2-9,12,16-18,22H,10-11,13-14H2,1H3,(H,23,25). The second-order valence-corrected chi connectivity index (χ2v) is 9.58. The second kappa shape index (κ2) is 7.56. The van der Waals surface area contributed by atoms with Gasteiger partial charge in [0.15, 0.2) is 0 Å². The van der Waals surface area contributed by atoms with E-state index in [2.05, 4.69) is 10.6 Å². The number of nitrogens with one attached hydrogen (secondary N) is 2. The summed E-state index contributed by atoms with van der Waals surface area (Å²) in [5.74, 6) is -0.217. The number of para-hydroxylation sites is 1. The number of piperidine rings is 1. The molecule has 7 heteroatoms. The third kappa shape index (κ3) is 3.77. The van der Waals surface area contributed by atoms with Crippen molar-refractivity contribution in [2.75, 3.05) is 11.4 Å². The van der Waals surface area contributed by atoms with Crippen molar-refractivity contribution in [2.45, 2.75) is 48.7 Å². The summed E-state index contributed by atoms with van der Waals surface area (Å²) in [6.07, 6.45) is 4.18. The minimum atomic E-state index is -3.75. The summed E-state index contributed by atoms with van der Waals surface area (Å²) in [6.45, 7) is 0. The van der Waals surface area contributed by atoms with E-state index in [-0.39, 0.29) is 16.8 Å². The molecule has 2 aromatic rings. The lowest BCUT2D eigenvalue weighted by Crippen LogP contribution is -2.48. The summed E-state index contributed by atoms with van der Waals surface area (Å²) in [6, 6.07) is 16.2. The molecule has 1 amide bonds. The van der Waals surface area contributed by atoms with Gasteiger partial charge in [-0.3, -0.25) is 9.10 Å². The van der Waals surface area contributed by atoms with Crippen molar-refractivity contribution in [1.29, 1.82) is 0 Å². The highest BCUT2D eigenvalue weighted by Gasteiger charge is 2.34. The molecule has 28 heavy (non-hydrogen) atoms. The van der Waals surface area contributed by atoms with Crippen molar-refractivity contribution < 1.29 is 13.2 Å². The first-order valence-electron chi connectivity index (χ1n) is 9.64. The van der Waals surface area contributed by atoms with Crippen molar-refractivity contribution in [3.8, 4) is 0 Å². The molecule has 4 rings (SSSR count). The van der Waals surface area contributed by atoms with Crippen LogP contribution in [0.5, 0.6) is 0 Å². The molecule has 0 spiro atoms. The number of benzene rings is 2. The van der Waals surface area contributed by atoms with Crippen LogP contribution in [0.2, 0.25) is 0 Å². The second-order valence-electron chi connectivity index (χ2n) is 7.62. The summed E-state index contributed by atoms with van der Waals surface area (Å²) in [5.41, 5.74) is 0.941. The molecule has 2 aliphatic heterocycles. The van der Waals surface area contributed by atoms with Gasteiger partial charge in [-0.2, -0.15) is 0 Å². The zero-order valence-corrected chi connectivity index (χ0v) is 16.7. The van der Waals surface area contributed by atoms with Gasteiger partial charge in [-0.1, -0.05) is 24.3 Å². The molecule has 148 valence electrons. The van der Waals surface area contributed by atoms with E-state index in [0.717, 1.165) is 25.7 Å². The molecule has 2 N–H and O–H groups in total. The summed E-state index contributed by atoms with van der Waals surface area (Å²) < 4.78 is 27.2. The predicted octanol–water partition coefficient (Wildman–Crippen LogP) is 2.52. The third-order valence-corrected chi connectivity index (χ3v) is 7.46. The van der Waals surface area contributed by atoms with Crippen LogP contribution in [-0.4, -0.2) is 39.5 Å². The lowest BCUT2D eigenvalue weighted by atomic mass is 9.99. The number of hydrogen-bond donors (Lipinski definition) is 2. The fraction of sp³-hybridized carbons (Fsp3) is 0.381. The summed E-state index contributed by atoms with van der Waals surface area (Å²) in [5, 5.41) is 6.64. The maximum absolute atomic E-state index is 13.0. The van der Waals surface area contributed by atoms with Crippen LogP contribution in [0.4, 0.5) is 5.69 Å². The van der Waals surface area contributed by atoms with Gasteiger partial charge in [-0.05, 0) is 56.0 Å². The molecule has 0 saturated carbocycles. The molecule has 2 heterocycles. The quantitative estimate of drug-likeness (QED) is 0.810. The SMILES string of the molecule is CN(c1ccccc1)S(=O)(=O)c1cccc(C(=O)NC2CC3CCC(C2)N3)c1. The average molecular weight is 400 g/mol. The van der Waals surface area contributed by atoms with Crippen LogP contribution in [0.1, 0.15) is 36.0 Å². The van der Waals surface area contributed by atoms with Crippen LogP contribution in [0.25, 0.3) is 0 Å². The van der Waals surface area contributed by atoms with E-state index >= 15 is 0 Å². The number of nitrogens with zero attached hydrogens (tertiary/aromatic N) is 1. The molecule has 2 bridgehead atoms. The van der Waals surface area contributed by atoms with E-state index < -0.39 is 10.0 Å². The highest BCUT2D eigenvalue weighted by molar-refractivity contribution is 7.92. The van der Waals surface area contributed by atoms with Crippen molar-refractivity contribution in [1.82, 2.24) is 10.6 Å². The Bertz CT molecular complexity index is 950. The molecular weight excluding hydrogens is 374 g/mol. The normalized spacial score (nSPS) is 24.0. The highest BCUT2D eigenvalue weighted by atomic mass is 32.2. The van der Waals surface area contributed by atoms with E-state index in [1.165, 1.54) is 23.5 Å². The number of carbonyl (C=O) groups is 1. The van der Waals surface area contributed by atoms with Crippen LogP contribution in [-0.2, 0) is 10.0 Å². The molecule has 0 aliphatic carbocycles. The molecule has 2 saturated heterocycles. The number of hydrogen-bond acceptors (Lipinski definition) is 4. The Hall–Kier alpha value is -2.38. The molecular formula is C21H25N3O3S. The van der Waals surface area contributed by atoms with Crippen molar-refractivity contribution in [2.24, 2.45) is 0 Å². The van der Waals surface area contributed by atoms with E-state index in [9.17, 15) is 13.2 Å². The first kappa shape index (κ1) is 19.0. The van der Waals surface area contributed by atoms with Crippen molar-refractivity contribution in [3.63, 3.8) is 0 Å². The van der Waals surface area contributed by atoms with Crippen molar-refractivity contribution >= 4 is 21.6 Å². The maximum Gasteiger partial charge on any atom is 0.264 e. The number of rotatable bonds is 5. The first-order chi connectivity index (χ1) is 13.4. The van der Waals surface area contributed by atoms with E-state index in [0.29, 0.717) is 23.3 Å². The molecule has 2 aliphatic rings. The predicted molar refractivity (Wildman–Crippen MR) is 109 cm³/mol.